The normalized spacial score (nSPS) is 25.9. The third-order valence-electron chi connectivity index (χ3n) is 5.52. The van der Waals surface area contributed by atoms with Crippen LogP contribution in [0.5, 0.6) is 5.75 Å². The Kier molecular flexibility index (Phi) is 5.84. The second-order valence-corrected chi connectivity index (χ2v) is 11.3. The Bertz CT molecular complexity index is 846. The van der Waals surface area contributed by atoms with Crippen molar-refractivity contribution in [1.29, 1.82) is 0 Å². The van der Waals surface area contributed by atoms with Gasteiger partial charge in [-0.15, -0.1) is 11.8 Å². The molecule has 0 saturated carbocycles. The van der Waals surface area contributed by atoms with Crippen LogP contribution in [-0.2, 0) is 19.8 Å². The number of carboxylic acid groups (broad SMARTS) is 1. The average molecular weight is 435 g/mol. The number of aliphatic carboxylic acids is 1. The number of thioether (sulfide) groups is 1. The molecule has 2 amide bonds. The molecule has 0 bridgehead atoms. The molecule has 2 N–H and O–H groups in total. The SMILES string of the molecule is CC(CC(=O)N[C@@H]1C(=O)N2[C@@H]1SC(C)(C)[C@@H]2C(=O)O)Oc1ccc(C(C)(C)C)cc1. The molecule has 0 radical (unpaired) electrons. The van der Waals surface area contributed by atoms with Crippen LogP contribution in [0.2, 0.25) is 0 Å². The maximum absolute atomic E-state index is 12.5. The van der Waals surface area contributed by atoms with Crippen molar-refractivity contribution in [1.82, 2.24) is 10.2 Å². The summed E-state index contributed by atoms with van der Waals surface area (Å²) in [5, 5.41) is 11.9. The molecule has 2 aliphatic rings. The molecule has 8 heteroatoms. The number of β-lactam (4-membered cyclic amide) rings is 1. The number of ether oxygens (including phenoxy) is 1. The van der Waals surface area contributed by atoms with Gasteiger partial charge in [-0.2, -0.15) is 0 Å². The van der Waals surface area contributed by atoms with E-state index in [1.54, 1.807) is 6.92 Å². The summed E-state index contributed by atoms with van der Waals surface area (Å²) in [4.78, 5) is 37.9. The van der Waals surface area contributed by atoms with Gasteiger partial charge in [0.25, 0.3) is 0 Å². The molecule has 2 fully saturated rings. The number of benzene rings is 1. The van der Waals surface area contributed by atoms with Gasteiger partial charge in [0.1, 0.15) is 29.3 Å². The highest BCUT2D eigenvalue weighted by molar-refractivity contribution is 8.01. The van der Waals surface area contributed by atoms with Gasteiger partial charge in [0.2, 0.25) is 11.8 Å². The van der Waals surface area contributed by atoms with E-state index in [1.807, 2.05) is 38.1 Å². The zero-order valence-corrected chi connectivity index (χ0v) is 19.1. The highest BCUT2D eigenvalue weighted by Crippen LogP contribution is 2.50. The first kappa shape index (κ1) is 22.5. The predicted molar refractivity (Wildman–Crippen MR) is 116 cm³/mol. The molecule has 164 valence electrons. The minimum atomic E-state index is -1.02. The lowest BCUT2D eigenvalue weighted by atomic mass is 9.87. The van der Waals surface area contributed by atoms with E-state index in [-0.39, 0.29) is 35.1 Å². The highest BCUT2D eigenvalue weighted by Gasteiger charge is 2.64. The molecule has 1 aromatic carbocycles. The van der Waals surface area contributed by atoms with E-state index in [0.29, 0.717) is 5.75 Å². The highest BCUT2D eigenvalue weighted by atomic mass is 32.2. The van der Waals surface area contributed by atoms with Gasteiger partial charge in [-0.1, -0.05) is 32.9 Å². The topological polar surface area (TPSA) is 95.9 Å². The first-order valence-electron chi connectivity index (χ1n) is 10.1. The summed E-state index contributed by atoms with van der Waals surface area (Å²) in [6.45, 7) is 11.8. The molecule has 2 aliphatic heterocycles. The standard InChI is InChI=1S/C22H30N2O5S/c1-12(29-14-9-7-13(8-10-14)21(2,3)4)11-15(25)23-16-18(26)24-17(20(27)28)22(5,6)30-19(16)24/h7-10,12,16-17,19H,11H2,1-6H3,(H,23,25)(H,27,28)/t12?,16-,17+,19-/m1/s1. The number of nitrogens with zero attached hydrogens (tertiary/aromatic N) is 1. The first-order valence-corrected chi connectivity index (χ1v) is 11.0. The van der Waals surface area contributed by atoms with Crippen molar-refractivity contribution in [2.24, 2.45) is 0 Å². The van der Waals surface area contributed by atoms with E-state index >= 15 is 0 Å². The van der Waals surface area contributed by atoms with Gasteiger partial charge in [-0.3, -0.25) is 9.59 Å². The molecule has 1 unspecified atom stereocenters. The number of carboxylic acids is 1. The lowest BCUT2D eigenvalue weighted by molar-refractivity contribution is -0.161. The number of nitrogens with one attached hydrogen (secondary N) is 1. The van der Waals surface area contributed by atoms with Crippen molar-refractivity contribution < 1.29 is 24.2 Å². The summed E-state index contributed by atoms with van der Waals surface area (Å²) in [5.74, 6) is -0.964. The molecule has 1 aromatic rings. The number of hydrogen-bond acceptors (Lipinski definition) is 5. The minimum absolute atomic E-state index is 0.0552. The summed E-state index contributed by atoms with van der Waals surface area (Å²) >= 11 is 1.41. The average Bonchev–Trinajstić information content (AvgIpc) is 2.87. The van der Waals surface area contributed by atoms with E-state index in [0.717, 1.165) is 0 Å². The van der Waals surface area contributed by atoms with E-state index in [9.17, 15) is 19.5 Å². The number of hydrogen-bond donors (Lipinski definition) is 2. The van der Waals surface area contributed by atoms with Gasteiger partial charge < -0.3 is 20.1 Å². The molecule has 30 heavy (non-hydrogen) atoms. The molecule has 3 rings (SSSR count). The van der Waals surface area contributed by atoms with Crippen LogP contribution in [0.25, 0.3) is 0 Å². The number of fused-ring (bicyclic) bond motifs is 1. The smallest absolute Gasteiger partial charge is 0.327 e. The van der Waals surface area contributed by atoms with Gasteiger partial charge in [-0.25, -0.2) is 4.79 Å². The van der Waals surface area contributed by atoms with Crippen LogP contribution in [0.3, 0.4) is 0 Å². The fourth-order valence-corrected chi connectivity index (χ4v) is 5.57. The van der Waals surface area contributed by atoms with Crippen LogP contribution in [-0.4, -0.2) is 56.1 Å². The Morgan fingerprint density at radius 1 is 1.27 bits per heavy atom. The fraction of sp³-hybridized carbons (Fsp3) is 0.591. The van der Waals surface area contributed by atoms with Crippen LogP contribution in [0.4, 0.5) is 0 Å². The van der Waals surface area contributed by atoms with Crippen molar-refractivity contribution in [2.75, 3.05) is 0 Å². The summed E-state index contributed by atoms with van der Waals surface area (Å²) in [5.41, 5.74) is 1.25. The maximum Gasteiger partial charge on any atom is 0.327 e. The number of amides is 2. The van der Waals surface area contributed by atoms with Gasteiger partial charge in [0.05, 0.1) is 6.42 Å². The fourth-order valence-electron chi connectivity index (χ4n) is 3.95. The van der Waals surface area contributed by atoms with Gasteiger partial charge in [0, 0.05) is 4.75 Å². The van der Waals surface area contributed by atoms with E-state index in [1.165, 1.54) is 22.2 Å². The Morgan fingerprint density at radius 2 is 1.87 bits per heavy atom. The monoisotopic (exact) mass is 434 g/mol. The van der Waals surface area contributed by atoms with Crippen molar-refractivity contribution in [2.45, 2.75) is 81.7 Å². The zero-order chi connectivity index (χ0) is 22.4. The summed E-state index contributed by atoms with van der Waals surface area (Å²) in [7, 11) is 0. The Hall–Kier alpha value is -2.22. The molecular weight excluding hydrogens is 404 g/mol. The van der Waals surface area contributed by atoms with Crippen LogP contribution in [0.15, 0.2) is 24.3 Å². The molecular formula is C22H30N2O5S. The lowest BCUT2D eigenvalue weighted by Gasteiger charge is -2.43. The van der Waals surface area contributed by atoms with E-state index in [4.69, 9.17) is 4.74 Å². The first-order chi connectivity index (χ1) is 13.8. The van der Waals surface area contributed by atoms with Crippen LogP contribution >= 0.6 is 11.8 Å². The number of carbonyl (C=O) groups is 3. The van der Waals surface area contributed by atoms with E-state index < -0.39 is 22.8 Å². The number of carbonyl (C=O) groups excluding carboxylic acids is 2. The molecule has 2 heterocycles. The predicted octanol–water partition coefficient (Wildman–Crippen LogP) is 2.77. The third-order valence-corrected chi connectivity index (χ3v) is 7.09. The lowest BCUT2D eigenvalue weighted by Crippen LogP contribution is -2.70. The number of rotatable bonds is 6. The molecule has 0 aliphatic carbocycles. The van der Waals surface area contributed by atoms with Crippen LogP contribution < -0.4 is 10.1 Å². The Balaban J connectivity index is 1.54. The van der Waals surface area contributed by atoms with Crippen molar-refractivity contribution in [3.05, 3.63) is 29.8 Å². The Labute approximate surface area is 181 Å². The zero-order valence-electron chi connectivity index (χ0n) is 18.3. The Morgan fingerprint density at radius 3 is 2.40 bits per heavy atom. The third kappa shape index (κ3) is 4.29. The largest absolute Gasteiger partial charge is 0.490 e. The van der Waals surface area contributed by atoms with Crippen LogP contribution in [0.1, 0.15) is 53.5 Å². The summed E-state index contributed by atoms with van der Waals surface area (Å²) in [6, 6.07) is 6.25. The molecule has 2 saturated heterocycles. The second kappa shape index (κ2) is 7.80. The van der Waals surface area contributed by atoms with Crippen molar-refractivity contribution in [3.63, 3.8) is 0 Å². The molecule has 0 aromatic heterocycles. The van der Waals surface area contributed by atoms with Crippen molar-refractivity contribution >= 4 is 29.5 Å². The molecule has 7 nitrogen and oxygen atoms in total. The van der Waals surface area contributed by atoms with Crippen LogP contribution in [0, 0.1) is 0 Å². The van der Waals surface area contributed by atoms with Crippen molar-refractivity contribution in [3.8, 4) is 5.75 Å². The van der Waals surface area contributed by atoms with Gasteiger partial charge in [-0.05, 0) is 43.9 Å². The summed E-state index contributed by atoms with van der Waals surface area (Å²) < 4.78 is 5.23. The quantitative estimate of drug-likeness (QED) is 0.669. The second-order valence-electron chi connectivity index (χ2n) is 9.55. The summed E-state index contributed by atoms with van der Waals surface area (Å²) in [6.07, 6.45) is -0.260. The molecule has 0 spiro atoms. The van der Waals surface area contributed by atoms with E-state index in [2.05, 4.69) is 26.1 Å². The maximum atomic E-state index is 12.5. The van der Waals surface area contributed by atoms with Gasteiger partial charge >= 0.3 is 5.97 Å². The minimum Gasteiger partial charge on any atom is -0.490 e. The molecule has 4 atom stereocenters. The van der Waals surface area contributed by atoms with Gasteiger partial charge in [0.15, 0.2) is 0 Å².